The van der Waals surface area contributed by atoms with E-state index < -0.39 is 27.7 Å². The van der Waals surface area contributed by atoms with Crippen LogP contribution in [0.3, 0.4) is 0 Å². The Balaban J connectivity index is 2.98. The predicted molar refractivity (Wildman–Crippen MR) is 60.6 cm³/mol. The molecule has 2 N–H and O–H groups in total. The molecule has 98 valence electrons. The first-order valence-electron chi connectivity index (χ1n) is 4.60. The number of pyridine rings is 1. The Morgan fingerprint density at radius 3 is 2.72 bits per heavy atom. The van der Waals surface area contributed by atoms with E-state index in [1.807, 2.05) is 4.72 Å². The average Bonchev–Trinajstić information content (AvgIpc) is 2.28. The molecule has 0 radical (unpaired) electrons. The zero-order valence-corrected chi connectivity index (χ0v) is 10.1. The number of hydrogen-bond acceptors (Lipinski definition) is 6. The van der Waals surface area contributed by atoms with E-state index in [0.29, 0.717) is 0 Å². The normalized spacial score (nSPS) is 10.7. The number of carboxylic acid groups (broad SMARTS) is 1. The summed E-state index contributed by atoms with van der Waals surface area (Å²) < 4.78 is 29.2. The summed E-state index contributed by atoms with van der Waals surface area (Å²) in [5.74, 6) is -3.17. The molecule has 0 saturated heterocycles. The lowest BCUT2D eigenvalue weighted by molar-refractivity contribution is -0.137. The first-order chi connectivity index (χ1) is 8.35. The Kier molecular flexibility index (Phi) is 4.21. The van der Waals surface area contributed by atoms with E-state index in [1.165, 1.54) is 6.20 Å². The Labute approximate surface area is 103 Å². The lowest BCUT2D eigenvalue weighted by Crippen LogP contribution is -2.24. The van der Waals surface area contributed by atoms with Crippen LogP contribution in [0.1, 0.15) is 10.4 Å². The largest absolute Gasteiger partial charge is 0.478 e. The van der Waals surface area contributed by atoms with Crippen LogP contribution in [0, 0.1) is 0 Å². The molecule has 0 bridgehead atoms. The summed E-state index contributed by atoms with van der Waals surface area (Å²) in [5.41, 5.74) is -0.479. The van der Waals surface area contributed by atoms with Crippen LogP contribution in [-0.4, -0.2) is 43.3 Å². The van der Waals surface area contributed by atoms with Crippen LogP contribution < -0.4 is 4.72 Å². The van der Waals surface area contributed by atoms with Crippen molar-refractivity contribution in [3.8, 4) is 0 Å². The number of anilines is 1. The molecule has 1 aromatic heterocycles. The van der Waals surface area contributed by atoms with Crippen molar-refractivity contribution in [3.63, 3.8) is 0 Å². The number of esters is 1. The van der Waals surface area contributed by atoms with Crippen LogP contribution in [0.4, 0.5) is 5.69 Å². The Bertz CT molecular complexity index is 568. The summed E-state index contributed by atoms with van der Waals surface area (Å²) in [6, 6.07) is 1.14. The van der Waals surface area contributed by atoms with E-state index in [9.17, 15) is 18.0 Å². The van der Waals surface area contributed by atoms with Crippen LogP contribution in [0.25, 0.3) is 0 Å². The van der Waals surface area contributed by atoms with Gasteiger partial charge in [-0.25, -0.2) is 13.2 Å². The molecule has 0 spiro atoms. The molecule has 0 aromatic carbocycles. The molecule has 1 heterocycles. The number of ether oxygens (including phenoxy) is 1. The van der Waals surface area contributed by atoms with Crippen molar-refractivity contribution in [3.05, 3.63) is 24.0 Å². The van der Waals surface area contributed by atoms with E-state index in [-0.39, 0.29) is 11.3 Å². The molecule has 9 heteroatoms. The van der Waals surface area contributed by atoms with Crippen molar-refractivity contribution in [1.29, 1.82) is 0 Å². The number of aromatic nitrogens is 1. The molecule has 1 rings (SSSR count). The molecule has 0 aliphatic carbocycles. The van der Waals surface area contributed by atoms with Crippen LogP contribution in [-0.2, 0) is 19.6 Å². The summed E-state index contributed by atoms with van der Waals surface area (Å²) in [6.07, 6.45) is 2.25. The molecule has 8 nitrogen and oxygen atoms in total. The van der Waals surface area contributed by atoms with Crippen molar-refractivity contribution >= 4 is 27.6 Å². The van der Waals surface area contributed by atoms with Crippen molar-refractivity contribution in [2.45, 2.75) is 0 Å². The fraction of sp³-hybridized carbons (Fsp3) is 0.222. The third-order valence-corrected chi connectivity index (χ3v) is 3.00. The lowest BCUT2D eigenvalue weighted by atomic mass is 10.2. The maximum Gasteiger partial charge on any atom is 0.337 e. The SMILES string of the molecule is COC(=O)CS(=O)(=O)Nc1cnccc1C(=O)O. The Hall–Kier alpha value is -2.16. The standard InChI is InChI=1S/C9H10N2O6S/c1-17-8(12)5-18(15,16)11-7-4-10-3-2-6(7)9(13)14/h2-4,11H,5H2,1H3,(H,13,14). The van der Waals surface area contributed by atoms with Gasteiger partial charge in [-0.15, -0.1) is 0 Å². The number of methoxy groups -OCH3 is 1. The third kappa shape index (κ3) is 3.70. The van der Waals surface area contributed by atoms with Gasteiger partial charge in [0.1, 0.15) is 0 Å². The van der Waals surface area contributed by atoms with Crippen LogP contribution in [0.2, 0.25) is 0 Å². The third-order valence-electron chi connectivity index (χ3n) is 1.85. The second-order valence-corrected chi connectivity index (χ2v) is 4.89. The van der Waals surface area contributed by atoms with Gasteiger partial charge in [-0.2, -0.15) is 0 Å². The van der Waals surface area contributed by atoms with Crippen LogP contribution in [0.5, 0.6) is 0 Å². The fourth-order valence-electron chi connectivity index (χ4n) is 1.08. The second kappa shape index (κ2) is 5.45. The van der Waals surface area contributed by atoms with Gasteiger partial charge in [0, 0.05) is 6.20 Å². The maximum absolute atomic E-state index is 11.5. The van der Waals surface area contributed by atoms with Gasteiger partial charge in [0.25, 0.3) is 0 Å². The highest BCUT2D eigenvalue weighted by Gasteiger charge is 2.20. The van der Waals surface area contributed by atoms with Gasteiger partial charge in [-0.05, 0) is 6.07 Å². The molecule has 0 fully saturated rings. The number of rotatable bonds is 5. The second-order valence-electron chi connectivity index (χ2n) is 3.16. The number of aromatic carboxylic acids is 1. The topological polar surface area (TPSA) is 123 Å². The molecule has 0 aliphatic heterocycles. The highest BCUT2D eigenvalue weighted by Crippen LogP contribution is 2.15. The van der Waals surface area contributed by atoms with Crippen molar-refractivity contribution in [2.24, 2.45) is 0 Å². The fourth-order valence-corrected chi connectivity index (χ4v) is 2.08. The molecule has 0 atom stereocenters. The summed E-state index contributed by atoms with van der Waals surface area (Å²) in [7, 11) is -2.98. The summed E-state index contributed by atoms with van der Waals surface area (Å²) >= 11 is 0. The average molecular weight is 274 g/mol. The highest BCUT2D eigenvalue weighted by atomic mass is 32.2. The number of carboxylic acids is 1. The van der Waals surface area contributed by atoms with Gasteiger partial charge < -0.3 is 9.84 Å². The van der Waals surface area contributed by atoms with Crippen LogP contribution >= 0.6 is 0 Å². The molecular weight excluding hydrogens is 264 g/mol. The van der Waals surface area contributed by atoms with Crippen molar-refractivity contribution in [2.75, 3.05) is 17.6 Å². The number of carbonyl (C=O) groups excluding carboxylic acids is 1. The molecule has 1 aromatic rings. The Morgan fingerprint density at radius 2 is 2.17 bits per heavy atom. The number of carbonyl (C=O) groups is 2. The van der Waals surface area contributed by atoms with Gasteiger partial charge in [-0.3, -0.25) is 14.5 Å². The minimum absolute atomic E-state index is 0.214. The number of sulfonamides is 1. The zero-order chi connectivity index (χ0) is 13.8. The molecular formula is C9H10N2O6S. The molecule has 18 heavy (non-hydrogen) atoms. The number of hydrogen-bond donors (Lipinski definition) is 2. The lowest BCUT2D eigenvalue weighted by Gasteiger charge is -2.08. The van der Waals surface area contributed by atoms with E-state index in [1.54, 1.807) is 0 Å². The minimum atomic E-state index is -4.03. The summed E-state index contributed by atoms with van der Waals surface area (Å²) in [4.78, 5) is 25.3. The maximum atomic E-state index is 11.5. The van der Waals surface area contributed by atoms with E-state index in [2.05, 4.69) is 9.72 Å². The first kappa shape index (κ1) is 13.9. The minimum Gasteiger partial charge on any atom is -0.478 e. The summed E-state index contributed by atoms with van der Waals surface area (Å²) in [5, 5.41) is 8.84. The molecule has 0 amide bonds. The molecule has 0 aliphatic rings. The number of nitrogens with one attached hydrogen (secondary N) is 1. The van der Waals surface area contributed by atoms with Gasteiger partial charge in [0.2, 0.25) is 10.0 Å². The van der Waals surface area contributed by atoms with E-state index >= 15 is 0 Å². The van der Waals surface area contributed by atoms with E-state index in [4.69, 9.17) is 5.11 Å². The molecule has 0 unspecified atom stereocenters. The Morgan fingerprint density at radius 1 is 1.50 bits per heavy atom. The van der Waals surface area contributed by atoms with Crippen molar-refractivity contribution in [1.82, 2.24) is 4.98 Å². The van der Waals surface area contributed by atoms with Crippen LogP contribution in [0.15, 0.2) is 18.5 Å². The number of nitrogens with zero attached hydrogens (tertiary/aromatic N) is 1. The van der Waals surface area contributed by atoms with Gasteiger partial charge in [0.05, 0.1) is 24.6 Å². The highest BCUT2D eigenvalue weighted by molar-refractivity contribution is 7.93. The predicted octanol–water partition coefficient (Wildman–Crippen LogP) is -0.306. The quantitative estimate of drug-likeness (QED) is 0.706. The van der Waals surface area contributed by atoms with Gasteiger partial charge in [0.15, 0.2) is 5.75 Å². The van der Waals surface area contributed by atoms with Gasteiger partial charge >= 0.3 is 11.9 Å². The monoisotopic (exact) mass is 274 g/mol. The zero-order valence-electron chi connectivity index (χ0n) is 9.28. The first-order valence-corrected chi connectivity index (χ1v) is 6.25. The van der Waals surface area contributed by atoms with E-state index in [0.717, 1.165) is 19.4 Å². The van der Waals surface area contributed by atoms with Gasteiger partial charge in [-0.1, -0.05) is 0 Å². The molecule has 0 saturated carbocycles. The summed E-state index contributed by atoms with van der Waals surface area (Å²) in [6.45, 7) is 0. The smallest absolute Gasteiger partial charge is 0.337 e. The van der Waals surface area contributed by atoms with Crippen molar-refractivity contribution < 1.29 is 27.9 Å².